The molecule has 13 nitrogen and oxygen atoms in total. The highest BCUT2D eigenvalue weighted by Crippen LogP contribution is 2.34. The van der Waals surface area contributed by atoms with Crippen molar-refractivity contribution in [3.8, 4) is 0 Å². The first-order valence-electron chi connectivity index (χ1n) is 16.9. The summed E-state index contributed by atoms with van der Waals surface area (Å²) in [4.78, 5) is 79.6. The molecule has 268 valence electrons. The smallest absolute Gasteiger partial charge is 0.434 e. The number of rotatable bonds is 14. The van der Waals surface area contributed by atoms with Crippen LogP contribution in [-0.4, -0.2) is 84.5 Å². The van der Waals surface area contributed by atoms with E-state index in [1.807, 2.05) is 69.2 Å². The Bertz CT molecular complexity index is 1140. The average molecular weight is 666 g/mol. The predicted octanol–water partition coefficient (Wildman–Crippen LogP) is 3.53. The van der Waals surface area contributed by atoms with Gasteiger partial charge in [-0.3, -0.25) is 19.2 Å². The zero-order valence-corrected chi connectivity index (χ0v) is 30.1. The molecule has 2 aliphatic rings. The maximum atomic E-state index is 14.2. The lowest BCUT2D eigenvalue weighted by Crippen LogP contribution is -2.61. The van der Waals surface area contributed by atoms with Gasteiger partial charge in [0, 0.05) is 6.54 Å². The van der Waals surface area contributed by atoms with Crippen LogP contribution in [0.3, 0.4) is 0 Å². The maximum Gasteiger partial charge on any atom is 0.508 e. The fourth-order valence-corrected chi connectivity index (χ4v) is 5.85. The number of carbonyl (C=O) groups excluding carboxylic acids is 6. The maximum absolute atomic E-state index is 14.2. The molecule has 1 heterocycles. The molecule has 0 radical (unpaired) electrons. The monoisotopic (exact) mass is 665 g/mol. The van der Waals surface area contributed by atoms with E-state index in [1.165, 1.54) is 4.90 Å². The van der Waals surface area contributed by atoms with Crippen LogP contribution in [0.4, 0.5) is 9.59 Å². The Morgan fingerprint density at radius 2 is 1.49 bits per heavy atom. The van der Waals surface area contributed by atoms with Gasteiger partial charge in [-0.2, -0.15) is 0 Å². The average Bonchev–Trinajstić information content (AvgIpc) is 3.38. The second kappa shape index (κ2) is 16.6. The number of ether oxygens (including phenoxy) is 2. The molecule has 0 aromatic heterocycles. The Labute approximate surface area is 280 Å². The molecular formula is C34H59N5O8. The minimum absolute atomic E-state index is 0.0340. The van der Waals surface area contributed by atoms with Crippen molar-refractivity contribution >= 4 is 35.7 Å². The van der Waals surface area contributed by atoms with E-state index in [2.05, 4.69) is 16.0 Å². The van der Waals surface area contributed by atoms with Crippen LogP contribution >= 0.6 is 0 Å². The van der Waals surface area contributed by atoms with E-state index in [9.17, 15) is 28.8 Å². The SMILES string of the molecule is CC(C)[C@H]1CCN(C(=O)[C@@H](NC(=O)N[C@H](COC(=O)OCC(C)(C)C)C(C)C)C(C)(C)C)[C@@H]1C(=O)NC(CC1CCC1)C(=O)C(N)=O. The van der Waals surface area contributed by atoms with Gasteiger partial charge in [0.25, 0.3) is 5.91 Å². The van der Waals surface area contributed by atoms with Gasteiger partial charge in [0.05, 0.1) is 18.7 Å². The van der Waals surface area contributed by atoms with Crippen molar-refractivity contribution in [2.45, 2.75) is 126 Å². The van der Waals surface area contributed by atoms with Gasteiger partial charge < -0.3 is 36.1 Å². The summed E-state index contributed by atoms with van der Waals surface area (Å²) in [7, 11) is 0. The number of hydrogen-bond donors (Lipinski definition) is 4. The fraction of sp³-hybridized carbons (Fsp3) is 0.824. The van der Waals surface area contributed by atoms with Gasteiger partial charge in [0.1, 0.15) is 18.7 Å². The number of primary amides is 1. The number of Topliss-reactive ketones (excluding diaryl/α,β-unsaturated/α-hetero) is 1. The number of likely N-dealkylation sites (tertiary alicyclic amines) is 1. The zero-order valence-electron chi connectivity index (χ0n) is 30.1. The second-order valence-corrected chi connectivity index (χ2v) is 16.2. The third-order valence-electron chi connectivity index (χ3n) is 9.04. The Hall–Kier alpha value is -3.38. The van der Waals surface area contributed by atoms with Gasteiger partial charge >= 0.3 is 12.2 Å². The first-order chi connectivity index (χ1) is 21.6. The molecule has 0 bridgehead atoms. The molecule has 2 rings (SSSR count). The molecule has 47 heavy (non-hydrogen) atoms. The predicted molar refractivity (Wildman–Crippen MR) is 177 cm³/mol. The number of ketones is 1. The molecule has 1 unspecified atom stereocenters. The van der Waals surface area contributed by atoms with Crippen LogP contribution in [0, 0.1) is 34.5 Å². The Kier molecular flexibility index (Phi) is 14.1. The van der Waals surface area contributed by atoms with Crippen LogP contribution < -0.4 is 21.7 Å². The van der Waals surface area contributed by atoms with Crippen molar-refractivity contribution in [1.29, 1.82) is 0 Å². The molecule has 13 heteroatoms. The highest BCUT2D eigenvalue weighted by Gasteiger charge is 2.48. The molecule has 5 N–H and O–H groups in total. The third kappa shape index (κ3) is 12.0. The molecule has 5 amide bonds. The van der Waals surface area contributed by atoms with Crippen LogP contribution in [0.15, 0.2) is 0 Å². The zero-order chi connectivity index (χ0) is 35.9. The summed E-state index contributed by atoms with van der Waals surface area (Å²) in [5, 5.41) is 8.40. The number of nitrogens with two attached hydrogens (primary N) is 1. The largest absolute Gasteiger partial charge is 0.508 e. The van der Waals surface area contributed by atoms with Crippen molar-refractivity contribution in [3.63, 3.8) is 0 Å². The molecule has 2 fully saturated rings. The summed E-state index contributed by atoms with van der Waals surface area (Å²) in [5.74, 6) is -2.98. The lowest BCUT2D eigenvalue weighted by atomic mass is 9.80. The van der Waals surface area contributed by atoms with Crippen molar-refractivity contribution in [2.75, 3.05) is 19.8 Å². The summed E-state index contributed by atoms with van der Waals surface area (Å²) < 4.78 is 10.4. The topological polar surface area (TPSA) is 186 Å². The van der Waals surface area contributed by atoms with E-state index in [4.69, 9.17) is 15.2 Å². The molecule has 0 aromatic carbocycles. The van der Waals surface area contributed by atoms with Gasteiger partial charge in [-0.15, -0.1) is 0 Å². The minimum atomic E-state index is -1.11. The Morgan fingerprint density at radius 3 is 1.96 bits per heavy atom. The molecule has 1 aliphatic carbocycles. The van der Waals surface area contributed by atoms with Crippen molar-refractivity contribution < 1.29 is 38.2 Å². The minimum Gasteiger partial charge on any atom is -0.434 e. The number of hydrogen-bond acceptors (Lipinski definition) is 8. The van der Waals surface area contributed by atoms with Crippen LogP contribution in [0.2, 0.25) is 0 Å². The quantitative estimate of drug-likeness (QED) is 0.160. The van der Waals surface area contributed by atoms with E-state index < -0.39 is 65.3 Å². The number of carbonyl (C=O) groups is 6. The summed E-state index contributed by atoms with van der Waals surface area (Å²) >= 11 is 0. The van der Waals surface area contributed by atoms with E-state index in [0.717, 1.165) is 19.3 Å². The number of nitrogens with one attached hydrogen (secondary N) is 3. The normalized spacial score (nSPS) is 20.6. The molecule has 5 atom stereocenters. The first-order valence-corrected chi connectivity index (χ1v) is 16.9. The van der Waals surface area contributed by atoms with Crippen LogP contribution in [0.1, 0.15) is 101 Å². The Balaban J connectivity index is 2.22. The molecule has 1 saturated heterocycles. The third-order valence-corrected chi connectivity index (χ3v) is 9.04. The molecule has 0 aromatic rings. The van der Waals surface area contributed by atoms with Gasteiger partial charge in [-0.05, 0) is 47.3 Å². The number of amides is 5. The summed E-state index contributed by atoms with van der Waals surface area (Å²) in [6, 6.07) is -4.18. The van der Waals surface area contributed by atoms with Crippen LogP contribution in [0.25, 0.3) is 0 Å². The van der Waals surface area contributed by atoms with E-state index in [-0.39, 0.29) is 48.8 Å². The standard InChI is InChI=1S/C34H59N5O8/c1-19(2)22-14-15-39(25(22)29(42)36-23(26(40)28(35)41)16-21-12-11-13-21)30(43)27(34(8,9)10)38-31(44)37-24(20(3)4)17-46-32(45)47-18-33(5,6)7/h19-25,27H,11-18H2,1-10H3,(H2,35,41)(H,36,42)(H2,37,38,44)/t22-,23?,24-,25+,27-/m1/s1. The molecule has 0 spiro atoms. The van der Waals surface area contributed by atoms with Crippen molar-refractivity contribution in [1.82, 2.24) is 20.9 Å². The summed E-state index contributed by atoms with van der Waals surface area (Å²) in [5.41, 5.74) is 4.34. The lowest BCUT2D eigenvalue weighted by Gasteiger charge is -2.37. The fourth-order valence-electron chi connectivity index (χ4n) is 5.85. The van der Waals surface area contributed by atoms with Gasteiger partial charge in [-0.25, -0.2) is 9.59 Å². The van der Waals surface area contributed by atoms with Crippen LogP contribution in [0.5, 0.6) is 0 Å². The number of nitrogens with zero attached hydrogens (tertiary/aromatic N) is 1. The van der Waals surface area contributed by atoms with Crippen LogP contribution in [-0.2, 0) is 28.7 Å². The summed E-state index contributed by atoms with van der Waals surface area (Å²) in [6.45, 7) is 19.2. The highest BCUT2D eigenvalue weighted by atomic mass is 16.7. The molecule has 1 aliphatic heterocycles. The van der Waals surface area contributed by atoms with Gasteiger partial charge in [-0.1, -0.05) is 88.5 Å². The van der Waals surface area contributed by atoms with E-state index >= 15 is 0 Å². The first kappa shape index (κ1) is 39.8. The van der Waals surface area contributed by atoms with Crippen molar-refractivity contribution in [2.24, 2.45) is 40.2 Å². The Morgan fingerprint density at radius 1 is 0.872 bits per heavy atom. The highest BCUT2D eigenvalue weighted by molar-refractivity contribution is 6.37. The molecule has 1 saturated carbocycles. The van der Waals surface area contributed by atoms with Gasteiger partial charge in [0.2, 0.25) is 17.6 Å². The van der Waals surface area contributed by atoms with Gasteiger partial charge in [0.15, 0.2) is 0 Å². The molecular weight excluding hydrogens is 606 g/mol. The second-order valence-electron chi connectivity index (χ2n) is 16.2. The van der Waals surface area contributed by atoms with Crippen molar-refractivity contribution in [3.05, 3.63) is 0 Å². The van der Waals surface area contributed by atoms with E-state index in [1.54, 1.807) is 0 Å². The summed E-state index contributed by atoms with van der Waals surface area (Å²) in [6.07, 6.45) is 2.89. The number of urea groups is 1. The van der Waals surface area contributed by atoms with E-state index in [0.29, 0.717) is 12.8 Å². The lowest BCUT2D eigenvalue weighted by molar-refractivity contribution is -0.144.